The van der Waals surface area contributed by atoms with Crippen LogP contribution in [0.4, 0.5) is 0 Å². The maximum atomic E-state index is 5.73. The van der Waals surface area contributed by atoms with Crippen LogP contribution in [0.5, 0.6) is 5.75 Å². The molecule has 0 aliphatic rings. The fourth-order valence-corrected chi connectivity index (χ4v) is 2.13. The second-order valence-electron chi connectivity index (χ2n) is 4.85. The molecule has 0 unspecified atom stereocenters. The van der Waals surface area contributed by atoms with Gasteiger partial charge < -0.3 is 14.9 Å². The smallest absolute Gasteiger partial charge is 0.122 e. The fourth-order valence-electron chi connectivity index (χ4n) is 1.91. The first kappa shape index (κ1) is 17.9. The van der Waals surface area contributed by atoms with Crippen LogP contribution in [0.3, 0.4) is 0 Å². The van der Waals surface area contributed by atoms with Gasteiger partial charge in [-0.1, -0.05) is 32.0 Å². The number of hydrogen-bond acceptors (Lipinski definition) is 4. The van der Waals surface area contributed by atoms with Crippen molar-refractivity contribution < 1.29 is 9.47 Å². The maximum absolute atomic E-state index is 5.73. The molecule has 0 spiro atoms. The van der Waals surface area contributed by atoms with Crippen molar-refractivity contribution in [2.45, 2.75) is 33.1 Å². The molecule has 4 nitrogen and oxygen atoms in total. The Labute approximate surface area is 133 Å². The Morgan fingerprint density at radius 3 is 2.67 bits per heavy atom. The van der Waals surface area contributed by atoms with E-state index in [0.29, 0.717) is 18.2 Å². The molecule has 1 aromatic rings. The van der Waals surface area contributed by atoms with E-state index in [2.05, 4.69) is 17.8 Å². The highest BCUT2D eigenvalue weighted by molar-refractivity contribution is 7.80. The highest BCUT2D eigenvalue weighted by Crippen LogP contribution is 2.19. The van der Waals surface area contributed by atoms with Crippen molar-refractivity contribution in [2.75, 3.05) is 26.9 Å². The predicted octanol–water partition coefficient (Wildman–Crippen LogP) is 2.98. The first-order chi connectivity index (χ1) is 10.2. The van der Waals surface area contributed by atoms with E-state index in [1.54, 1.807) is 7.05 Å². The Balaban J connectivity index is 2.34. The van der Waals surface area contributed by atoms with Crippen molar-refractivity contribution in [3.63, 3.8) is 0 Å². The lowest BCUT2D eigenvalue weighted by Crippen LogP contribution is -2.33. The number of nitrogens with one attached hydrogen (secondary N) is 2. The van der Waals surface area contributed by atoms with Crippen molar-refractivity contribution in [1.82, 2.24) is 10.9 Å². The van der Waals surface area contributed by atoms with Crippen LogP contribution < -0.4 is 15.6 Å². The van der Waals surface area contributed by atoms with Gasteiger partial charge >= 0.3 is 0 Å². The minimum absolute atomic E-state index is 0.575. The molecule has 0 aliphatic heterocycles. The SMILES string of the molecule is CCCCCOCCOc1ccc(C(=S)NNC)cc1C. The molecule has 0 saturated heterocycles. The van der Waals surface area contributed by atoms with E-state index in [4.69, 9.17) is 21.7 Å². The van der Waals surface area contributed by atoms with E-state index in [-0.39, 0.29) is 0 Å². The summed E-state index contributed by atoms with van der Waals surface area (Å²) in [5, 5.41) is 0. The van der Waals surface area contributed by atoms with Crippen LogP contribution in [0.15, 0.2) is 18.2 Å². The molecule has 21 heavy (non-hydrogen) atoms. The quantitative estimate of drug-likeness (QED) is 0.395. The number of ether oxygens (including phenoxy) is 2. The summed E-state index contributed by atoms with van der Waals surface area (Å²) >= 11 is 5.24. The van der Waals surface area contributed by atoms with Crippen molar-refractivity contribution in [3.05, 3.63) is 29.3 Å². The van der Waals surface area contributed by atoms with Gasteiger partial charge in [0.1, 0.15) is 17.3 Å². The second-order valence-corrected chi connectivity index (χ2v) is 5.26. The first-order valence-corrected chi connectivity index (χ1v) is 7.88. The Bertz CT molecular complexity index is 438. The van der Waals surface area contributed by atoms with Crippen molar-refractivity contribution in [2.24, 2.45) is 0 Å². The normalized spacial score (nSPS) is 10.4. The standard InChI is InChI=1S/C16H26N2O2S/c1-4-5-6-9-19-10-11-20-15-8-7-14(12-13(15)2)16(21)18-17-3/h7-8,12,17H,4-6,9-11H2,1-3H3,(H,18,21). The molecule has 1 rings (SSSR count). The highest BCUT2D eigenvalue weighted by atomic mass is 32.1. The minimum atomic E-state index is 0.575. The summed E-state index contributed by atoms with van der Waals surface area (Å²) in [6.07, 6.45) is 3.57. The Morgan fingerprint density at radius 2 is 2.00 bits per heavy atom. The Kier molecular flexibility index (Phi) is 8.98. The molecule has 0 atom stereocenters. The van der Waals surface area contributed by atoms with Gasteiger partial charge in [-0.05, 0) is 37.1 Å². The summed E-state index contributed by atoms with van der Waals surface area (Å²) in [4.78, 5) is 0.673. The van der Waals surface area contributed by atoms with Crippen molar-refractivity contribution in [1.29, 1.82) is 0 Å². The van der Waals surface area contributed by atoms with Gasteiger partial charge in [0.25, 0.3) is 0 Å². The van der Waals surface area contributed by atoms with E-state index in [9.17, 15) is 0 Å². The van der Waals surface area contributed by atoms with Gasteiger partial charge in [0.15, 0.2) is 0 Å². The summed E-state index contributed by atoms with van der Waals surface area (Å²) in [5.74, 6) is 0.878. The number of hydrazine groups is 1. The molecule has 0 radical (unpaired) electrons. The third-order valence-electron chi connectivity index (χ3n) is 3.05. The zero-order chi connectivity index (χ0) is 15.5. The molecule has 0 aromatic heterocycles. The molecule has 0 fully saturated rings. The topological polar surface area (TPSA) is 42.5 Å². The number of hydrogen-bond donors (Lipinski definition) is 2. The van der Waals surface area contributed by atoms with Crippen LogP contribution in [-0.2, 0) is 4.74 Å². The molecule has 0 heterocycles. The predicted molar refractivity (Wildman–Crippen MR) is 90.9 cm³/mol. The third-order valence-corrected chi connectivity index (χ3v) is 3.39. The molecular formula is C16H26N2O2S. The lowest BCUT2D eigenvalue weighted by atomic mass is 10.1. The van der Waals surface area contributed by atoms with E-state index in [0.717, 1.165) is 29.9 Å². The van der Waals surface area contributed by atoms with Gasteiger partial charge in [-0.25, -0.2) is 5.43 Å². The molecule has 0 amide bonds. The lowest BCUT2D eigenvalue weighted by molar-refractivity contribution is 0.0971. The Morgan fingerprint density at radius 1 is 1.19 bits per heavy atom. The van der Waals surface area contributed by atoms with E-state index in [1.807, 2.05) is 25.1 Å². The molecule has 2 N–H and O–H groups in total. The molecule has 0 bridgehead atoms. The summed E-state index contributed by atoms with van der Waals surface area (Å²) in [6, 6.07) is 5.92. The van der Waals surface area contributed by atoms with E-state index >= 15 is 0 Å². The minimum Gasteiger partial charge on any atom is -0.491 e. The van der Waals surface area contributed by atoms with Gasteiger partial charge in [-0.2, -0.15) is 0 Å². The number of benzene rings is 1. The number of unbranched alkanes of at least 4 members (excludes halogenated alkanes) is 2. The molecule has 5 heteroatoms. The summed E-state index contributed by atoms with van der Waals surface area (Å²) in [5.41, 5.74) is 7.77. The average Bonchev–Trinajstić information content (AvgIpc) is 2.48. The fraction of sp³-hybridized carbons (Fsp3) is 0.562. The highest BCUT2D eigenvalue weighted by Gasteiger charge is 2.04. The second kappa shape index (κ2) is 10.5. The zero-order valence-electron chi connectivity index (χ0n) is 13.2. The summed E-state index contributed by atoms with van der Waals surface area (Å²) in [7, 11) is 1.79. The van der Waals surface area contributed by atoms with Crippen LogP contribution in [0, 0.1) is 6.92 Å². The molecule has 1 aromatic carbocycles. The van der Waals surface area contributed by atoms with Crippen molar-refractivity contribution in [3.8, 4) is 5.75 Å². The van der Waals surface area contributed by atoms with Crippen molar-refractivity contribution >= 4 is 17.2 Å². The zero-order valence-corrected chi connectivity index (χ0v) is 14.0. The molecule has 0 aliphatic carbocycles. The summed E-state index contributed by atoms with van der Waals surface area (Å²) < 4.78 is 11.3. The van der Waals surface area contributed by atoms with Crippen LogP contribution in [0.1, 0.15) is 37.3 Å². The maximum Gasteiger partial charge on any atom is 0.122 e. The number of thiocarbonyl (C=S) groups is 1. The van der Waals surface area contributed by atoms with Crippen LogP contribution in [-0.4, -0.2) is 31.9 Å². The Hall–Kier alpha value is -1.17. The van der Waals surface area contributed by atoms with Crippen LogP contribution in [0.2, 0.25) is 0 Å². The first-order valence-electron chi connectivity index (χ1n) is 7.47. The summed E-state index contributed by atoms with van der Waals surface area (Å²) in [6.45, 7) is 6.23. The largest absolute Gasteiger partial charge is 0.491 e. The van der Waals surface area contributed by atoms with E-state index < -0.39 is 0 Å². The third kappa shape index (κ3) is 6.89. The van der Waals surface area contributed by atoms with E-state index in [1.165, 1.54) is 12.8 Å². The lowest BCUT2D eigenvalue weighted by Gasteiger charge is -2.12. The van der Waals surface area contributed by atoms with Gasteiger partial charge in [0.05, 0.1) is 6.61 Å². The van der Waals surface area contributed by atoms with Gasteiger partial charge in [0, 0.05) is 19.2 Å². The monoisotopic (exact) mass is 310 g/mol. The molecule has 118 valence electrons. The van der Waals surface area contributed by atoms with Gasteiger partial charge in [-0.3, -0.25) is 0 Å². The number of aryl methyl sites for hydroxylation is 1. The average molecular weight is 310 g/mol. The van der Waals surface area contributed by atoms with Crippen LogP contribution in [0.25, 0.3) is 0 Å². The van der Waals surface area contributed by atoms with Gasteiger partial charge in [-0.15, -0.1) is 0 Å². The number of rotatable bonds is 10. The molecule has 0 saturated carbocycles. The molecular weight excluding hydrogens is 284 g/mol. The van der Waals surface area contributed by atoms with Crippen LogP contribution >= 0.6 is 12.2 Å². The van der Waals surface area contributed by atoms with Gasteiger partial charge in [0.2, 0.25) is 0 Å².